The van der Waals surface area contributed by atoms with Gasteiger partial charge in [-0.1, -0.05) is 6.92 Å². The summed E-state index contributed by atoms with van der Waals surface area (Å²) in [7, 11) is 0. The van der Waals surface area contributed by atoms with E-state index in [9.17, 15) is 4.79 Å². The maximum Gasteiger partial charge on any atom is 0.237 e. The highest BCUT2D eigenvalue weighted by Gasteiger charge is 2.24. The van der Waals surface area contributed by atoms with Crippen LogP contribution in [0.15, 0.2) is 0 Å². The summed E-state index contributed by atoms with van der Waals surface area (Å²) in [5.74, 6) is 0.751. The van der Waals surface area contributed by atoms with Crippen molar-refractivity contribution in [2.75, 3.05) is 6.54 Å². The number of nitrogens with one attached hydrogen (secondary N) is 2. The van der Waals surface area contributed by atoms with E-state index in [1.165, 1.54) is 0 Å². The van der Waals surface area contributed by atoms with Crippen molar-refractivity contribution in [3.8, 4) is 0 Å². The molecule has 0 bridgehead atoms. The molecule has 108 valence electrons. The second-order valence-electron chi connectivity index (χ2n) is 5.10. The van der Waals surface area contributed by atoms with E-state index >= 15 is 0 Å². The van der Waals surface area contributed by atoms with Crippen LogP contribution in [0.5, 0.6) is 0 Å². The number of carbonyl (C=O) groups is 1. The van der Waals surface area contributed by atoms with Gasteiger partial charge in [0.2, 0.25) is 5.91 Å². The predicted octanol–water partition coefficient (Wildman–Crippen LogP) is 2.19. The number of aromatic nitrogens is 1. The zero-order chi connectivity index (χ0) is 13.1. The largest absolute Gasteiger partial charge is 0.350 e. The lowest BCUT2D eigenvalue weighted by Crippen LogP contribution is -2.48. The van der Waals surface area contributed by atoms with E-state index in [2.05, 4.69) is 22.5 Å². The van der Waals surface area contributed by atoms with Gasteiger partial charge in [-0.2, -0.15) is 0 Å². The van der Waals surface area contributed by atoms with Gasteiger partial charge in [0, 0.05) is 4.88 Å². The Hall–Kier alpha value is -0.650. The highest BCUT2D eigenvalue weighted by Crippen LogP contribution is 2.18. The van der Waals surface area contributed by atoms with E-state index in [0.29, 0.717) is 12.5 Å². The molecular formula is C13H22ClN3OS. The van der Waals surface area contributed by atoms with Crippen molar-refractivity contribution in [3.63, 3.8) is 0 Å². The maximum atomic E-state index is 12.0. The molecule has 2 unspecified atom stereocenters. The molecule has 1 aliphatic rings. The molecule has 0 spiro atoms. The van der Waals surface area contributed by atoms with Gasteiger partial charge in [-0.05, 0) is 39.2 Å². The van der Waals surface area contributed by atoms with Crippen molar-refractivity contribution in [3.05, 3.63) is 15.6 Å². The Bertz CT molecular complexity index is 436. The molecule has 1 aromatic rings. The number of rotatable bonds is 3. The first-order valence-corrected chi connectivity index (χ1v) is 7.32. The molecule has 2 N–H and O–H groups in total. The number of nitrogens with zero attached hydrogens (tertiary/aromatic N) is 1. The molecule has 0 radical (unpaired) electrons. The molecule has 1 saturated heterocycles. The summed E-state index contributed by atoms with van der Waals surface area (Å²) in [6.45, 7) is 7.73. The molecule has 1 aliphatic heterocycles. The third kappa shape index (κ3) is 4.44. The zero-order valence-electron chi connectivity index (χ0n) is 11.7. The van der Waals surface area contributed by atoms with Crippen molar-refractivity contribution in [2.24, 2.45) is 5.92 Å². The fourth-order valence-electron chi connectivity index (χ4n) is 2.34. The minimum atomic E-state index is -0.0249. The van der Waals surface area contributed by atoms with Crippen LogP contribution >= 0.6 is 23.7 Å². The molecule has 0 aliphatic carbocycles. The second kappa shape index (κ2) is 7.22. The molecule has 1 aromatic heterocycles. The van der Waals surface area contributed by atoms with Gasteiger partial charge in [-0.3, -0.25) is 4.79 Å². The van der Waals surface area contributed by atoms with Gasteiger partial charge in [0.15, 0.2) is 0 Å². The van der Waals surface area contributed by atoms with Crippen molar-refractivity contribution in [1.82, 2.24) is 15.6 Å². The van der Waals surface area contributed by atoms with Crippen LogP contribution in [0.25, 0.3) is 0 Å². The molecule has 2 atom stereocenters. The minimum absolute atomic E-state index is 0. The number of halogens is 1. The second-order valence-corrected chi connectivity index (χ2v) is 6.38. The molecule has 1 amide bonds. The molecule has 0 aromatic carbocycles. The average Bonchev–Trinajstić information content (AvgIpc) is 2.65. The lowest BCUT2D eigenvalue weighted by Gasteiger charge is -2.27. The Morgan fingerprint density at radius 2 is 2.26 bits per heavy atom. The van der Waals surface area contributed by atoms with E-state index in [0.717, 1.165) is 35.0 Å². The summed E-state index contributed by atoms with van der Waals surface area (Å²) < 4.78 is 0. The van der Waals surface area contributed by atoms with Crippen LogP contribution in [-0.4, -0.2) is 23.5 Å². The smallest absolute Gasteiger partial charge is 0.237 e. The van der Waals surface area contributed by atoms with Crippen molar-refractivity contribution in [2.45, 2.75) is 46.2 Å². The number of hydrogen-bond acceptors (Lipinski definition) is 4. The Kier molecular flexibility index (Phi) is 6.23. The Morgan fingerprint density at radius 1 is 1.53 bits per heavy atom. The summed E-state index contributed by atoms with van der Waals surface area (Å²) in [4.78, 5) is 17.6. The Balaban J connectivity index is 0.00000180. The number of aryl methyl sites for hydroxylation is 2. The van der Waals surface area contributed by atoms with Gasteiger partial charge in [0.25, 0.3) is 0 Å². The fourth-order valence-corrected chi connectivity index (χ4v) is 3.21. The Labute approximate surface area is 124 Å². The summed E-state index contributed by atoms with van der Waals surface area (Å²) in [6.07, 6.45) is 2.10. The zero-order valence-corrected chi connectivity index (χ0v) is 13.3. The number of amides is 1. The number of thiazole rings is 1. The van der Waals surface area contributed by atoms with Gasteiger partial charge < -0.3 is 10.6 Å². The van der Waals surface area contributed by atoms with Gasteiger partial charge in [-0.15, -0.1) is 23.7 Å². The summed E-state index contributed by atoms with van der Waals surface area (Å²) in [5.41, 5.74) is 1.03. The van der Waals surface area contributed by atoms with E-state index < -0.39 is 0 Å². The lowest BCUT2D eigenvalue weighted by molar-refractivity contribution is -0.124. The SMILES string of the molecule is Cc1nc(C)c(CNC(=O)C2CC(C)CCN2)s1.Cl. The predicted molar refractivity (Wildman–Crippen MR) is 80.9 cm³/mol. The van der Waals surface area contributed by atoms with Gasteiger partial charge in [0.1, 0.15) is 0 Å². The van der Waals surface area contributed by atoms with Crippen molar-refractivity contribution in [1.29, 1.82) is 0 Å². The van der Waals surface area contributed by atoms with Crippen LogP contribution in [0, 0.1) is 19.8 Å². The third-order valence-corrected chi connectivity index (χ3v) is 4.48. The molecule has 4 nitrogen and oxygen atoms in total. The first-order chi connectivity index (χ1) is 8.56. The monoisotopic (exact) mass is 303 g/mol. The minimum Gasteiger partial charge on any atom is -0.350 e. The topological polar surface area (TPSA) is 54.0 Å². The number of piperidine rings is 1. The first-order valence-electron chi connectivity index (χ1n) is 6.50. The molecular weight excluding hydrogens is 282 g/mol. The standard InChI is InChI=1S/C13H21N3OS.ClH/c1-8-4-5-14-11(6-8)13(17)15-7-12-9(2)16-10(3)18-12;/h8,11,14H,4-7H2,1-3H3,(H,15,17);1H. The lowest BCUT2D eigenvalue weighted by atomic mass is 9.94. The maximum absolute atomic E-state index is 12.0. The molecule has 1 fully saturated rings. The summed E-state index contributed by atoms with van der Waals surface area (Å²) in [5, 5.41) is 7.35. The fraction of sp³-hybridized carbons (Fsp3) is 0.692. The highest BCUT2D eigenvalue weighted by molar-refractivity contribution is 7.11. The number of hydrogen-bond donors (Lipinski definition) is 2. The summed E-state index contributed by atoms with van der Waals surface area (Å²) >= 11 is 1.66. The summed E-state index contributed by atoms with van der Waals surface area (Å²) in [6, 6.07) is -0.0249. The van der Waals surface area contributed by atoms with Gasteiger partial charge >= 0.3 is 0 Å². The van der Waals surface area contributed by atoms with Crippen LogP contribution in [0.4, 0.5) is 0 Å². The Morgan fingerprint density at radius 3 is 2.84 bits per heavy atom. The normalized spacial score (nSPS) is 22.7. The van der Waals surface area contributed by atoms with Crippen LogP contribution < -0.4 is 10.6 Å². The number of carbonyl (C=O) groups excluding carboxylic acids is 1. The molecule has 19 heavy (non-hydrogen) atoms. The highest BCUT2D eigenvalue weighted by atomic mass is 35.5. The van der Waals surface area contributed by atoms with Gasteiger partial charge in [0.05, 0.1) is 23.3 Å². The average molecular weight is 304 g/mol. The van der Waals surface area contributed by atoms with Crippen LogP contribution in [0.1, 0.15) is 35.3 Å². The molecule has 6 heteroatoms. The van der Waals surface area contributed by atoms with Gasteiger partial charge in [-0.25, -0.2) is 4.98 Å². The van der Waals surface area contributed by atoms with E-state index in [1.807, 2.05) is 13.8 Å². The third-order valence-electron chi connectivity index (χ3n) is 3.41. The van der Waals surface area contributed by atoms with E-state index in [-0.39, 0.29) is 24.4 Å². The quantitative estimate of drug-likeness (QED) is 0.900. The first kappa shape index (κ1) is 16.4. The van der Waals surface area contributed by atoms with E-state index in [1.54, 1.807) is 11.3 Å². The van der Waals surface area contributed by atoms with Crippen molar-refractivity contribution < 1.29 is 4.79 Å². The van der Waals surface area contributed by atoms with E-state index in [4.69, 9.17) is 0 Å². The van der Waals surface area contributed by atoms with Crippen LogP contribution in [-0.2, 0) is 11.3 Å². The molecule has 2 heterocycles. The van der Waals surface area contributed by atoms with Crippen LogP contribution in [0.3, 0.4) is 0 Å². The van der Waals surface area contributed by atoms with Crippen LogP contribution in [0.2, 0.25) is 0 Å². The molecule has 0 saturated carbocycles. The molecule has 2 rings (SSSR count). The van der Waals surface area contributed by atoms with Crippen molar-refractivity contribution >= 4 is 29.7 Å².